The van der Waals surface area contributed by atoms with Crippen molar-refractivity contribution in [3.63, 3.8) is 0 Å². The van der Waals surface area contributed by atoms with Crippen LogP contribution >= 0.6 is 11.6 Å². The number of hydrogen-bond donors (Lipinski definition) is 1. The highest BCUT2D eigenvalue weighted by Crippen LogP contribution is 2.33. The number of rotatable bonds is 6. The van der Waals surface area contributed by atoms with Crippen molar-refractivity contribution < 1.29 is 19.0 Å². The molecule has 0 bridgehead atoms. The Kier molecular flexibility index (Phi) is 6.72. The lowest BCUT2D eigenvalue weighted by Crippen LogP contribution is -2.46. The van der Waals surface area contributed by atoms with Crippen molar-refractivity contribution in [2.75, 3.05) is 50.9 Å². The van der Waals surface area contributed by atoms with Gasteiger partial charge in [0.05, 0.1) is 30.7 Å². The molecule has 2 aromatic heterocycles. The summed E-state index contributed by atoms with van der Waals surface area (Å²) in [6, 6.07) is 0.0862. The van der Waals surface area contributed by atoms with Crippen LogP contribution in [0.3, 0.4) is 0 Å². The number of β-amino-alcohol motifs (C(OH)–C–C–N with tert-alkyl or cyclic N) is 1. The second-order valence-electron chi connectivity index (χ2n) is 9.30. The third-order valence-corrected chi connectivity index (χ3v) is 6.53. The quantitative estimate of drug-likeness (QED) is 0.649. The van der Waals surface area contributed by atoms with Gasteiger partial charge in [-0.2, -0.15) is 9.97 Å². The number of pyridine rings is 1. The van der Waals surface area contributed by atoms with Gasteiger partial charge in [0.1, 0.15) is 23.5 Å². The van der Waals surface area contributed by atoms with Gasteiger partial charge in [-0.1, -0.05) is 18.5 Å². The van der Waals surface area contributed by atoms with Gasteiger partial charge >= 0.3 is 6.01 Å². The minimum Gasteiger partial charge on any atom is -0.461 e. The molecule has 2 aromatic rings. The van der Waals surface area contributed by atoms with Gasteiger partial charge < -0.3 is 19.5 Å². The molecule has 4 heterocycles. The molecular weight excluding hydrogens is 437 g/mol. The van der Waals surface area contributed by atoms with Gasteiger partial charge in [-0.15, -0.1) is 0 Å². The molecule has 4 rings (SSSR count). The van der Waals surface area contributed by atoms with Crippen LogP contribution in [0.15, 0.2) is 6.20 Å². The van der Waals surface area contributed by atoms with E-state index in [9.17, 15) is 9.50 Å². The minimum absolute atomic E-state index is 0.0526. The summed E-state index contributed by atoms with van der Waals surface area (Å²) in [6.07, 6.45) is 4.66. The van der Waals surface area contributed by atoms with Crippen LogP contribution in [0.2, 0.25) is 5.15 Å². The van der Waals surface area contributed by atoms with Gasteiger partial charge in [0.2, 0.25) is 0 Å². The van der Waals surface area contributed by atoms with Gasteiger partial charge in [0.15, 0.2) is 11.0 Å². The van der Waals surface area contributed by atoms with Crippen LogP contribution in [0.5, 0.6) is 6.01 Å². The maximum absolute atomic E-state index is 14.9. The van der Waals surface area contributed by atoms with Crippen LogP contribution in [-0.2, 0) is 4.74 Å². The lowest BCUT2D eigenvalue weighted by atomic mass is 10.0. The molecule has 0 aromatic carbocycles. The second kappa shape index (κ2) is 9.21. The number of aromatic nitrogens is 3. The van der Waals surface area contributed by atoms with E-state index in [1.807, 2.05) is 4.90 Å². The lowest BCUT2D eigenvalue weighted by molar-refractivity contribution is -0.0123. The summed E-state index contributed by atoms with van der Waals surface area (Å²) in [5.41, 5.74) is -1.15. The highest BCUT2D eigenvalue weighted by Gasteiger charge is 2.37. The van der Waals surface area contributed by atoms with E-state index in [0.29, 0.717) is 31.0 Å². The molecule has 2 fully saturated rings. The Balaban J connectivity index is 1.70. The summed E-state index contributed by atoms with van der Waals surface area (Å²) in [6.45, 7) is 9.86. The normalized spacial score (nSPS) is 27.1. The van der Waals surface area contributed by atoms with Crippen LogP contribution in [0, 0.1) is 5.82 Å². The van der Waals surface area contributed by atoms with Crippen molar-refractivity contribution >= 4 is 28.3 Å². The Hall–Kier alpha value is -1.81. The molecule has 0 aliphatic carbocycles. The molecule has 2 saturated heterocycles. The predicted molar refractivity (Wildman–Crippen MR) is 121 cm³/mol. The van der Waals surface area contributed by atoms with Gasteiger partial charge in [0.25, 0.3) is 0 Å². The van der Waals surface area contributed by atoms with E-state index in [2.05, 4.69) is 33.7 Å². The first kappa shape index (κ1) is 23.4. The summed E-state index contributed by atoms with van der Waals surface area (Å²) in [4.78, 5) is 17.2. The largest absolute Gasteiger partial charge is 0.461 e. The van der Waals surface area contributed by atoms with E-state index in [1.165, 1.54) is 6.20 Å². The Labute approximate surface area is 192 Å². The third-order valence-electron chi connectivity index (χ3n) is 6.26. The van der Waals surface area contributed by atoms with Crippen LogP contribution in [0.1, 0.15) is 40.0 Å². The molecule has 2 aliphatic rings. The Morgan fingerprint density at radius 1 is 1.31 bits per heavy atom. The van der Waals surface area contributed by atoms with Crippen molar-refractivity contribution in [1.29, 1.82) is 0 Å². The summed E-state index contributed by atoms with van der Waals surface area (Å²) in [7, 11) is 0. The zero-order valence-electron chi connectivity index (χ0n) is 18.9. The average Bonchev–Trinajstić information content (AvgIpc) is 3.01. The first-order chi connectivity index (χ1) is 15.2. The van der Waals surface area contributed by atoms with Crippen molar-refractivity contribution in [3.8, 4) is 6.01 Å². The van der Waals surface area contributed by atoms with E-state index in [4.69, 9.17) is 21.1 Å². The topological polar surface area (TPSA) is 83.8 Å². The van der Waals surface area contributed by atoms with Crippen LogP contribution < -0.4 is 9.64 Å². The number of ether oxygens (including phenoxy) is 2. The van der Waals surface area contributed by atoms with Gasteiger partial charge in [-0.05, 0) is 46.2 Å². The van der Waals surface area contributed by atoms with Crippen LogP contribution in [0.25, 0.3) is 10.9 Å². The maximum Gasteiger partial charge on any atom is 0.319 e. The van der Waals surface area contributed by atoms with Gasteiger partial charge in [0, 0.05) is 12.7 Å². The molecule has 0 spiro atoms. The van der Waals surface area contributed by atoms with Gasteiger partial charge in [-0.25, -0.2) is 9.37 Å². The number of fused-ring (bicyclic) bond motifs is 1. The molecule has 0 amide bonds. The molecule has 2 aliphatic heterocycles. The molecule has 32 heavy (non-hydrogen) atoms. The number of halogens is 2. The molecule has 2 unspecified atom stereocenters. The fraction of sp³-hybridized carbons (Fsp3) is 0.682. The Morgan fingerprint density at radius 2 is 2.12 bits per heavy atom. The minimum atomic E-state index is -1.08. The number of nitrogens with zero attached hydrogens (tertiary/aromatic N) is 5. The highest BCUT2D eigenvalue weighted by atomic mass is 35.5. The summed E-state index contributed by atoms with van der Waals surface area (Å²) < 4.78 is 26.5. The summed E-state index contributed by atoms with van der Waals surface area (Å²) in [5.74, 6) is -0.268. The van der Waals surface area contributed by atoms with E-state index >= 15 is 0 Å². The van der Waals surface area contributed by atoms with Crippen molar-refractivity contribution in [2.24, 2.45) is 0 Å². The molecule has 0 saturated carbocycles. The molecule has 0 radical (unpaired) electrons. The third kappa shape index (κ3) is 4.76. The van der Waals surface area contributed by atoms with E-state index < -0.39 is 11.4 Å². The molecule has 176 valence electrons. The summed E-state index contributed by atoms with van der Waals surface area (Å²) >= 11 is 5.94. The standard InChI is InChI=1S/C22H31ClFN5O3/c1-4-7-29-8-5-6-21(29,2)13-32-20-26-17-15(11-25-18(23)16(17)24)19(27-20)28-9-10-31-14-22(3,30)12-28/h11,30H,4-10,12-14H2,1-3H3. The first-order valence-electron chi connectivity index (χ1n) is 11.2. The monoisotopic (exact) mass is 467 g/mol. The first-order valence-corrected chi connectivity index (χ1v) is 11.5. The van der Waals surface area contributed by atoms with Crippen molar-refractivity contribution in [2.45, 2.75) is 51.2 Å². The molecule has 8 nitrogen and oxygen atoms in total. The SMILES string of the molecule is CCCN1CCCC1(C)COc1nc(N2CCOCC(C)(O)C2)c2cnc(Cl)c(F)c2n1. The Bertz CT molecular complexity index is 978. The lowest BCUT2D eigenvalue weighted by Gasteiger charge is -2.34. The number of anilines is 1. The smallest absolute Gasteiger partial charge is 0.319 e. The van der Waals surface area contributed by atoms with Crippen LogP contribution in [-0.4, -0.2) is 82.1 Å². The molecular formula is C22H31ClFN5O3. The second-order valence-corrected chi connectivity index (χ2v) is 9.66. The molecule has 2 atom stereocenters. The zero-order chi connectivity index (χ0) is 22.9. The molecule has 10 heteroatoms. The number of aliphatic hydroxyl groups is 1. The number of hydrogen-bond acceptors (Lipinski definition) is 8. The number of likely N-dealkylation sites (tertiary alicyclic amines) is 1. The fourth-order valence-electron chi connectivity index (χ4n) is 4.60. The highest BCUT2D eigenvalue weighted by molar-refractivity contribution is 6.30. The summed E-state index contributed by atoms with van der Waals surface area (Å²) in [5, 5.41) is 10.8. The van der Waals surface area contributed by atoms with E-state index in [1.54, 1.807) is 6.92 Å². The fourth-order valence-corrected chi connectivity index (χ4v) is 4.74. The van der Waals surface area contributed by atoms with E-state index in [-0.39, 0.29) is 35.4 Å². The Morgan fingerprint density at radius 3 is 2.91 bits per heavy atom. The maximum atomic E-state index is 14.9. The average molecular weight is 468 g/mol. The zero-order valence-corrected chi connectivity index (χ0v) is 19.7. The van der Waals surface area contributed by atoms with Crippen molar-refractivity contribution in [1.82, 2.24) is 19.9 Å². The predicted octanol–water partition coefficient (Wildman–Crippen LogP) is 3.05. The van der Waals surface area contributed by atoms with Crippen LogP contribution in [0.4, 0.5) is 10.2 Å². The van der Waals surface area contributed by atoms with E-state index in [0.717, 1.165) is 32.4 Å². The molecule has 1 N–H and O–H groups in total. The van der Waals surface area contributed by atoms with Crippen molar-refractivity contribution in [3.05, 3.63) is 17.2 Å². The van der Waals surface area contributed by atoms with Gasteiger partial charge in [-0.3, -0.25) is 4.90 Å².